The molecule has 3 rings (SSSR count). The lowest BCUT2D eigenvalue weighted by molar-refractivity contribution is -0.151. The van der Waals surface area contributed by atoms with E-state index in [1.165, 1.54) is 5.56 Å². The van der Waals surface area contributed by atoms with Gasteiger partial charge in [0.1, 0.15) is 11.9 Å². The third kappa shape index (κ3) is 2.10. The molecule has 1 aromatic carbocycles. The van der Waals surface area contributed by atoms with E-state index >= 15 is 0 Å². The summed E-state index contributed by atoms with van der Waals surface area (Å²) in [6.07, 6.45) is 3.19. The van der Waals surface area contributed by atoms with Gasteiger partial charge in [-0.3, -0.25) is 4.79 Å². The van der Waals surface area contributed by atoms with Crippen molar-refractivity contribution in [2.24, 2.45) is 17.1 Å². The lowest BCUT2D eigenvalue weighted by Crippen LogP contribution is -2.44. The monoisotopic (exact) mass is 261 g/mol. The largest absolute Gasteiger partial charge is 0.490 e. The van der Waals surface area contributed by atoms with Crippen LogP contribution >= 0.6 is 0 Å². The molecular formula is C15H19NO3. The number of carbonyl (C=O) groups is 1. The van der Waals surface area contributed by atoms with Crippen molar-refractivity contribution in [1.29, 1.82) is 0 Å². The molecule has 0 amide bonds. The topological polar surface area (TPSA) is 72.5 Å². The van der Waals surface area contributed by atoms with Crippen molar-refractivity contribution in [2.75, 3.05) is 6.54 Å². The number of fused-ring (bicyclic) bond motifs is 1. The molecule has 1 aliphatic heterocycles. The molecule has 1 heterocycles. The molecule has 0 spiro atoms. The first-order valence-electron chi connectivity index (χ1n) is 6.84. The molecule has 0 saturated heterocycles. The fraction of sp³-hybridized carbons (Fsp3) is 0.533. The number of rotatable bonds is 5. The van der Waals surface area contributed by atoms with E-state index in [0.29, 0.717) is 6.42 Å². The van der Waals surface area contributed by atoms with Gasteiger partial charge in [0.05, 0.1) is 5.41 Å². The summed E-state index contributed by atoms with van der Waals surface area (Å²) in [5.74, 6) is 0.346. The van der Waals surface area contributed by atoms with Crippen molar-refractivity contribution >= 4 is 5.97 Å². The van der Waals surface area contributed by atoms with Crippen molar-refractivity contribution in [3.05, 3.63) is 29.8 Å². The van der Waals surface area contributed by atoms with Crippen LogP contribution < -0.4 is 10.5 Å². The van der Waals surface area contributed by atoms with E-state index in [1.54, 1.807) is 0 Å². The summed E-state index contributed by atoms with van der Waals surface area (Å²) in [5.41, 5.74) is 6.16. The predicted molar refractivity (Wildman–Crippen MR) is 71.0 cm³/mol. The average Bonchev–Trinajstić information content (AvgIpc) is 3.16. The molecule has 3 N–H and O–H groups in total. The first-order chi connectivity index (χ1) is 9.15. The van der Waals surface area contributed by atoms with Crippen LogP contribution in [-0.2, 0) is 11.2 Å². The van der Waals surface area contributed by atoms with E-state index in [9.17, 15) is 9.90 Å². The zero-order chi connectivity index (χ0) is 13.5. The Labute approximate surface area is 112 Å². The van der Waals surface area contributed by atoms with Crippen LogP contribution in [0, 0.1) is 11.3 Å². The summed E-state index contributed by atoms with van der Waals surface area (Å²) in [7, 11) is 0. The highest BCUT2D eigenvalue weighted by molar-refractivity contribution is 5.76. The van der Waals surface area contributed by atoms with E-state index in [0.717, 1.165) is 25.0 Å². The van der Waals surface area contributed by atoms with Crippen LogP contribution in [0.1, 0.15) is 24.8 Å². The van der Waals surface area contributed by atoms with Gasteiger partial charge in [0.15, 0.2) is 0 Å². The van der Waals surface area contributed by atoms with Crippen LogP contribution in [0.2, 0.25) is 0 Å². The van der Waals surface area contributed by atoms with Gasteiger partial charge in [-0.1, -0.05) is 18.2 Å². The highest BCUT2D eigenvalue weighted by Gasteiger charge is 2.52. The first-order valence-corrected chi connectivity index (χ1v) is 6.84. The minimum absolute atomic E-state index is 0.0577. The highest BCUT2D eigenvalue weighted by Crippen LogP contribution is 2.49. The molecular weight excluding hydrogens is 242 g/mol. The molecule has 4 heteroatoms. The molecule has 19 heavy (non-hydrogen) atoms. The molecule has 4 nitrogen and oxygen atoms in total. The fourth-order valence-corrected chi connectivity index (χ4v) is 3.18. The summed E-state index contributed by atoms with van der Waals surface area (Å²) in [6.45, 7) is 0.198. The maximum Gasteiger partial charge on any atom is 0.311 e. The van der Waals surface area contributed by atoms with Gasteiger partial charge in [0.2, 0.25) is 0 Å². The summed E-state index contributed by atoms with van der Waals surface area (Å²) < 4.78 is 5.87. The second kappa shape index (κ2) is 4.53. The van der Waals surface area contributed by atoms with Crippen molar-refractivity contribution in [3.63, 3.8) is 0 Å². The van der Waals surface area contributed by atoms with E-state index < -0.39 is 11.4 Å². The molecule has 2 unspecified atom stereocenters. The van der Waals surface area contributed by atoms with Crippen molar-refractivity contribution in [2.45, 2.75) is 31.8 Å². The lowest BCUT2D eigenvalue weighted by atomic mass is 9.77. The SMILES string of the molecule is NCC(CC1Cc2ccccc2O1)(C(=O)O)C1CC1. The van der Waals surface area contributed by atoms with Crippen LogP contribution in [0.3, 0.4) is 0 Å². The molecule has 1 fully saturated rings. The van der Waals surface area contributed by atoms with Gasteiger partial charge < -0.3 is 15.6 Å². The Morgan fingerprint density at radius 3 is 2.74 bits per heavy atom. The number of carboxylic acid groups (broad SMARTS) is 1. The van der Waals surface area contributed by atoms with Gasteiger partial charge in [-0.15, -0.1) is 0 Å². The fourth-order valence-electron chi connectivity index (χ4n) is 3.18. The first kappa shape index (κ1) is 12.5. The third-order valence-electron chi connectivity index (χ3n) is 4.45. The minimum atomic E-state index is -0.799. The molecule has 2 atom stereocenters. The normalized spacial score (nSPS) is 24.4. The zero-order valence-corrected chi connectivity index (χ0v) is 10.8. The number of aliphatic carboxylic acids is 1. The van der Waals surface area contributed by atoms with Crippen molar-refractivity contribution in [3.8, 4) is 5.75 Å². The van der Waals surface area contributed by atoms with Crippen LogP contribution in [0.15, 0.2) is 24.3 Å². The highest BCUT2D eigenvalue weighted by atomic mass is 16.5. The number of hydrogen-bond acceptors (Lipinski definition) is 3. The molecule has 102 valence electrons. The van der Waals surface area contributed by atoms with Crippen molar-refractivity contribution in [1.82, 2.24) is 0 Å². The third-order valence-corrected chi connectivity index (χ3v) is 4.45. The maximum absolute atomic E-state index is 11.7. The number of para-hydroxylation sites is 1. The number of nitrogens with two attached hydrogens (primary N) is 1. The molecule has 2 aliphatic rings. The van der Waals surface area contributed by atoms with E-state index in [2.05, 4.69) is 0 Å². The molecule has 0 bridgehead atoms. The quantitative estimate of drug-likeness (QED) is 0.848. The maximum atomic E-state index is 11.7. The van der Waals surface area contributed by atoms with Gasteiger partial charge in [0.25, 0.3) is 0 Å². The number of ether oxygens (including phenoxy) is 1. The van der Waals surface area contributed by atoms with Crippen LogP contribution in [0.5, 0.6) is 5.75 Å². The van der Waals surface area contributed by atoms with E-state index in [1.807, 2.05) is 24.3 Å². The Balaban J connectivity index is 1.76. The van der Waals surface area contributed by atoms with Gasteiger partial charge in [-0.25, -0.2) is 0 Å². The van der Waals surface area contributed by atoms with E-state index in [-0.39, 0.29) is 18.6 Å². The summed E-state index contributed by atoms with van der Waals surface area (Å²) in [5, 5.41) is 9.58. The molecule has 1 saturated carbocycles. The Morgan fingerprint density at radius 2 is 2.16 bits per heavy atom. The van der Waals surface area contributed by atoms with Gasteiger partial charge in [-0.2, -0.15) is 0 Å². The van der Waals surface area contributed by atoms with Crippen LogP contribution in [-0.4, -0.2) is 23.7 Å². The van der Waals surface area contributed by atoms with Gasteiger partial charge >= 0.3 is 5.97 Å². The summed E-state index contributed by atoms with van der Waals surface area (Å²) in [6, 6.07) is 7.91. The van der Waals surface area contributed by atoms with Gasteiger partial charge in [0, 0.05) is 19.4 Å². The lowest BCUT2D eigenvalue weighted by Gasteiger charge is -2.30. The van der Waals surface area contributed by atoms with Gasteiger partial charge in [-0.05, 0) is 30.4 Å². The molecule has 1 aromatic rings. The second-order valence-electron chi connectivity index (χ2n) is 5.70. The predicted octanol–water partition coefficient (Wildman–Crippen LogP) is 1.82. The smallest absolute Gasteiger partial charge is 0.311 e. The minimum Gasteiger partial charge on any atom is -0.490 e. The number of hydrogen-bond donors (Lipinski definition) is 2. The standard InChI is InChI=1S/C15H19NO3/c16-9-15(14(17)18,11-5-6-11)8-12-7-10-3-1-2-4-13(10)19-12/h1-4,11-12H,5-9,16H2,(H,17,18). The molecule has 0 radical (unpaired) electrons. The summed E-state index contributed by atoms with van der Waals surface area (Å²) >= 11 is 0. The Bertz CT molecular complexity index is 473. The van der Waals surface area contributed by atoms with Crippen molar-refractivity contribution < 1.29 is 14.6 Å². The Kier molecular flexibility index (Phi) is 2.97. The van der Waals surface area contributed by atoms with Crippen LogP contribution in [0.4, 0.5) is 0 Å². The molecule has 0 aromatic heterocycles. The second-order valence-corrected chi connectivity index (χ2v) is 5.70. The number of carboxylic acids is 1. The van der Waals surface area contributed by atoms with Crippen LogP contribution in [0.25, 0.3) is 0 Å². The summed E-state index contributed by atoms with van der Waals surface area (Å²) in [4.78, 5) is 11.7. The van der Waals surface area contributed by atoms with E-state index in [4.69, 9.17) is 10.5 Å². The molecule has 1 aliphatic carbocycles. The average molecular weight is 261 g/mol. The Morgan fingerprint density at radius 1 is 1.42 bits per heavy atom. The Hall–Kier alpha value is -1.55. The number of benzene rings is 1. The zero-order valence-electron chi connectivity index (χ0n) is 10.8.